The smallest absolute Gasteiger partial charge is 0.224 e. The van der Waals surface area contributed by atoms with E-state index in [0.29, 0.717) is 6.42 Å². The summed E-state index contributed by atoms with van der Waals surface area (Å²) in [5.74, 6) is 0.252. The first-order valence-corrected chi connectivity index (χ1v) is 5.68. The van der Waals surface area contributed by atoms with Gasteiger partial charge in [0.2, 0.25) is 5.91 Å². The van der Waals surface area contributed by atoms with Crippen LogP contribution in [0.1, 0.15) is 6.42 Å². The number of hydrogen-bond acceptors (Lipinski definition) is 3. The molecular formula is C11H18N4O. The molecule has 1 aromatic heterocycles. The third-order valence-corrected chi connectivity index (χ3v) is 3.00. The molecule has 5 nitrogen and oxygen atoms in total. The molecule has 1 aromatic rings. The second-order valence-electron chi connectivity index (χ2n) is 4.23. The van der Waals surface area contributed by atoms with Crippen molar-refractivity contribution in [3.05, 3.63) is 18.7 Å². The minimum absolute atomic E-state index is 0.252. The van der Waals surface area contributed by atoms with E-state index in [4.69, 9.17) is 0 Å². The zero-order valence-electron chi connectivity index (χ0n) is 9.67. The maximum absolute atomic E-state index is 11.9. The number of likely N-dealkylation sites (N-methyl/N-ethyl adjacent to an activating group) is 1. The predicted molar refractivity (Wildman–Crippen MR) is 60.9 cm³/mol. The van der Waals surface area contributed by atoms with Gasteiger partial charge in [0.25, 0.3) is 0 Å². The van der Waals surface area contributed by atoms with Crippen molar-refractivity contribution in [1.82, 2.24) is 19.4 Å². The normalized spacial score (nSPS) is 17.7. The van der Waals surface area contributed by atoms with Gasteiger partial charge in [-0.1, -0.05) is 0 Å². The zero-order valence-corrected chi connectivity index (χ0v) is 9.67. The number of rotatable bonds is 3. The van der Waals surface area contributed by atoms with Crippen LogP contribution in [0.4, 0.5) is 0 Å². The molecule has 0 radical (unpaired) electrons. The first kappa shape index (κ1) is 11.1. The van der Waals surface area contributed by atoms with E-state index < -0.39 is 0 Å². The van der Waals surface area contributed by atoms with Gasteiger partial charge < -0.3 is 14.4 Å². The third-order valence-electron chi connectivity index (χ3n) is 3.00. The summed E-state index contributed by atoms with van der Waals surface area (Å²) < 4.78 is 1.94. The van der Waals surface area contributed by atoms with E-state index in [2.05, 4.69) is 16.9 Å². The van der Waals surface area contributed by atoms with Gasteiger partial charge in [0.05, 0.1) is 6.33 Å². The summed E-state index contributed by atoms with van der Waals surface area (Å²) in [7, 11) is 2.09. The molecule has 1 amide bonds. The van der Waals surface area contributed by atoms with Crippen LogP contribution in [-0.4, -0.2) is 58.5 Å². The summed E-state index contributed by atoms with van der Waals surface area (Å²) in [5.41, 5.74) is 0. The van der Waals surface area contributed by atoms with Gasteiger partial charge in [0.15, 0.2) is 0 Å². The second-order valence-corrected chi connectivity index (χ2v) is 4.23. The third kappa shape index (κ3) is 2.82. The highest BCUT2D eigenvalue weighted by atomic mass is 16.2. The number of hydrogen-bond donors (Lipinski definition) is 0. The molecule has 0 unspecified atom stereocenters. The van der Waals surface area contributed by atoms with Crippen molar-refractivity contribution in [1.29, 1.82) is 0 Å². The molecule has 1 saturated heterocycles. The number of aromatic nitrogens is 2. The molecule has 1 fully saturated rings. The lowest BCUT2D eigenvalue weighted by molar-refractivity contribution is -0.133. The molecule has 0 aromatic carbocycles. The van der Waals surface area contributed by atoms with Gasteiger partial charge in [-0.2, -0.15) is 0 Å². The van der Waals surface area contributed by atoms with Crippen molar-refractivity contribution >= 4 is 5.91 Å². The van der Waals surface area contributed by atoms with Gasteiger partial charge in [-0.25, -0.2) is 4.98 Å². The summed E-state index contributed by atoms with van der Waals surface area (Å²) in [6, 6.07) is 0. The number of piperazine rings is 1. The molecule has 2 rings (SSSR count). The minimum atomic E-state index is 0.252. The van der Waals surface area contributed by atoms with Gasteiger partial charge in [-0.05, 0) is 7.05 Å². The van der Waals surface area contributed by atoms with E-state index in [1.54, 1.807) is 12.5 Å². The Hall–Kier alpha value is -1.36. The van der Waals surface area contributed by atoms with Gasteiger partial charge in [0, 0.05) is 51.5 Å². The average molecular weight is 222 g/mol. The van der Waals surface area contributed by atoms with Crippen LogP contribution in [0.5, 0.6) is 0 Å². The Morgan fingerprint density at radius 3 is 2.69 bits per heavy atom. The van der Waals surface area contributed by atoms with Gasteiger partial charge in [-0.15, -0.1) is 0 Å². The van der Waals surface area contributed by atoms with E-state index in [9.17, 15) is 4.79 Å². The highest BCUT2D eigenvalue weighted by Crippen LogP contribution is 2.03. The SMILES string of the molecule is CN1CCN(C(=O)CCn2ccnc2)CC1. The molecule has 0 atom stereocenters. The summed E-state index contributed by atoms with van der Waals surface area (Å²) >= 11 is 0. The number of nitrogens with zero attached hydrogens (tertiary/aromatic N) is 4. The molecule has 5 heteroatoms. The van der Waals surface area contributed by atoms with Gasteiger partial charge in [-0.3, -0.25) is 4.79 Å². The monoisotopic (exact) mass is 222 g/mol. The maximum atomic E-state index is 11.9. The number of carbonyl (C=O) groups is 1. The number of aryl methyl sites for hydroxylation is 1. The van der Waals surface area contributed by atoms with Crippen LogP contribution in [0.25, 0.3) is 0 Å². The van der Waals surface area contributed by atoms with Crippen molar-refractivity contribution in [2.24, 2.45) is 0 Å². The largest absolute Gasteiger partial charge is 0.340 e. The fourth-order valence-corrected chi connectivity index (χ4v) is 1.86. The second kappa shape index (κ2) is 5.12. The Labute approximate surface area is 95.7 Å². The van der Waals surface area contributed by atoms with Crippen LogP contribution in [0, 0.1) is 0 Å². The van der Waals surface area contributed by atoms with E-state index in [1.165, 1.54) is 0 Å². The fraction of sp³-hybridized carbons (Fsp3) is 0.636. The number of carbonyl (C=O) groups excluding carboxylic acids is 1. The summed E-state index contributed by atoms with van der Waals surface area (Å²) in [6.45, 7) is 4.41. The molecular weight excluding hydrogens is 204 g/mol. The average Bonchev–Trinajstić information content (AvgIpc) is 2.80. The van der Waals surface area contributed by atoms with Crippen molar-refractivity contribution in [2.45, 2.75) is 13.0 Å². The standard InChI is InChI=1S/C11H18N4O/c1-13-6-8-15(9-7-13)11(16)2-4-14-5-3-12-10-14/h3,5,10H,2,4,6-9H2,1H3. The van der Waals surface area contributed by atoms with E-state index >= 15 is 0 Å². The lowest BCUT2D eigenvalue weighted by atomic mass is 10.3. The highest BCUT2D eigenvalue weighted by Gasteiger charge is 2.18. The number of amides is 1. The molecule has 88 valence electrons. The molecule has 16 heavy (non-hydrogen) atoms. The molecule has 0 aliphatic carbocycles. The lowest BCUT2D eigenvalue weighted by Crippen LogP contribution is -2.47. The Morgan fingerprint density at radius 1 is 1.31 bits per heavy atom. The molecule has 2 heterocycles. The van der Waals surface area contributed by atoms with E-state index in [1.807, 2.05) is 15.7 Å². The van der Waals surface area contributed by atoms with Crippen molar-refractivity contribution in [3.63, 3.8) is 0 Å². The summed E-state index contributed by atoms with van der Waals surface area (Å²) in [4.78, 5) is 20.0. The van der Waals surface area contributed by atoms with Crippen LogP contribution in [0.3, 0.4) is 0 Å². The molecule has 0 N–H and O–H groups in total. The van der Waals surface area contributed by atoms with Crippen LogP contribution in [0.2, 0.25) is 0 Å². The van der Waals surface area contributed by atoms with E-state index in [0.717, 1.165) is 32.7 Å². The predicted octanol–water partition coefficient (Wildman–Crippen LogP) is 0.0472. The molecule has 0 bridgehead atoms. The first-order valence-electron chi connectivity index (χ1n) is 5.68. The lowest BCUT2D eigenvalue weighted by Gasteiger charge is -2.32. The highest BCUT2D eigenvalue weighted by molar-refractivity contribution is 5.76. The fourth-order valence-electron chi connectivity index (χ4n) is 1.86. The first-order chi connectivity index (χ1) is 7.75. The maximum Gasteiger partial charge on any atom is 0.224 e. The van der Waals surface area contributed by atoms with Gasteiger partial charge >= 0.3 is 0 Å². The molecule has 1 aliphatic heterocycles. The topological polar surface area (TPSA) is 41.4 Å². The van der Waals surface area contributed by atoms with Crippen LogP contribution < -0.4 is 0 Å². The quantitative estimate of drug-likeness (QED) is 0.725. The minimum Gasteiger partial charge on any atom is -0.340 e. The molecule has 0 saturated carbocycles. The van der Waals surface area contributed by atoms with E-state index in [-0.39, 0.29) is 5.91 Å². The summed E-state index contributed by atoms with van der Waals surface area (Å²) in [6.07, 6.45) is 5.94. The molecule has 0 spiro atoms. The van der Waals surface area contributed by atoms with Crippen LogP contribution >= 0.6 is 0 Å². The Kier molecular flexibility index (Phi) is 3.56. The van der Waals surface area contributed by atoms with Gasteiger partial charge in [0.1, 0.15) is 0 Å². The summed E-state index contributed by atoms with van der Waals surface area (Å²) in [5, 5.41) is 0. The van der Waals surface area contributed by atoms with Crippen LogP contribution in [0.15, 0.2) is 18.7 Å². The Bertz CT molecular complexity index is 328. The number of imidazole rings is 1. The molecule has 1 aliphatic rings. The zero-order chi connectivity index (χ0) is 11.4. The van der Waals surface area contributed by atoms with Crippen LogP contribution in [-0.2, 0) is 11.3 Å². The van der Waals surface area contributed by atoms with Crippen molar-refractivity contribution in [3.8, 4) is 0 Å². The Balaban J connectivity index is 1.75. The Morgan fingerprint density at radius 2 is 2.06 bits per heavy atom. The van der Waals surface area contributed by atoms with Crippen molar-refractivity contribution < 1.29 is 4.79 Å². The van der Waals surface area contributed by atoms with Crippen molar-refractivity contribution in [2.75, 3.05) is 33.2 Å².